The van der Waals surface area contributed by atoms with E-state index in [-0.39, 0.29) is 30.2 Å². The summed E-state index contributed by atoms with van der Waals surface area (Å²) in [6, 6.07) is 8.31. The van der Waals surface area contributed by atoms with Gasteiger partial charge in [0.15, 0.2) is 0 Å². The molecule has 1 saturated carbocycles. The number of halogens is 1. The number of amides is 1. The van der Waals surface area contributed by atoms with Gasteiger partial charge in [0.1, 0.15) is 0 Å². The second-order valence-corrected chi connectivity index (χ2v) is 8.73. The summed E-state index contributed by atoms with van der Waals surface area (Å²) < 4.78 is 1.79. The topological polar surface area (TPSA) is 59.0 Å². The van der Waals surface area contributed by atoms with E-state index in [1.165, 1.54) is 30.6 Å². The van der Waals surface area contributed by atoms with Crippen molar-refractivity contribution in [2.75, 3.05) is 18.4 Å². The van der Waals surface area contributed by atoms with Gasteiger partial charge in [-0.3, -0.25) is 9.48 Å². The fourth-order valence-electron chi connectivity index (χ4n) is 3.99. The van der Waals surface area contributed by atoms with Gasteiger partial charge in [0.25, 0.3) is 0 Å². The van der Waals surface area contributed by atoms with Gasteiger partial charge >= 0.3 is 0 Å². The minimum absolute atomic E-state index is 0. The van der Waals surface area contributed by atoms with Crippen LogP contribution in [0.5, 0.6) is 0 Å². The molecule has 1 aliphatic carbocycles. The van der Waals surface area contributed by atoms with Crippen LogP contribution in [0, 0.1) is 5.92 Å². The maximum atomic E-state index is 12.8. The molecule has 1 amide bonds. The summed E-state index contributed by atoms with van der Waals surface area (Å²) in [5, 5.41) is 11.5. The number of aryl methyl sites for hydroxylation is 1. The van der Waals surface area contributed by atoms with Gasteiger partial charge in [-0.05, 0) is 42.7 Å². The molecule has 1 aliphatic heterocycles. The van der Waals surface area contributed by atoms with Crippen molar-refractivity contribution in [3.05, 3.63) is 42.2 Å². The monoisotopic (exact) mass is 406 g/mol. The molecule has 0 unspecified atom stereocenters. The quantitative estimate of drug-likeness (QED) is 0.792. The Kier molecular flexibility index (Phi) is 6.84. The lowest BCUT2D eigenvalue weighted by Crippen LogP contribution is -2.28. The molecule has 0 radical (unpaired) electrons. The van der Waals surface area contributed by atoms with Crippen LogP contribution in [0.3, 0.4) is 0 Å². The molecule has 1 aromatic heterocycles. The number of benzene rings is 1. The second-order valence-electron chi connectivity index (χ2n) is 7.36. The average Bonchev–Trinajstić information content (AvgIpc) is 3.37. The zero-order valence-corrected chi connectivity index (χ0v) is 17.2. The van der Waals surface area contributed by atoms with E-state index in [1.54, 1.807) is 4.68 Å². The Balaban J connectivity index is 0.00000210. The van der Waals surface area contributed by atoms with Crippen molar-refractivity contribution in [1.82, 2.24) is 15.1 Å². The zero-order chi connectivity index (χ0) is 17.9. The third kappa shape index (κ3) is 4.86. The Bertz CT molecular complexity index is 758. The molecule has 146 valence electrons. The number of nitrogens with one attached hydrogen (secondary N) is 2. The third-order valence-corrected chi connectivity index (χ3v) is 6.78. The SMILES string of the molecule is Cl.Cn1cc([C@H]2CNC[C@@H]2C(=O)Nc2ccc(SC3CCCC3)cc2)cn1. The summed E-state index contributed by atoms with van der Waals surface area (Å²) in [6.45, 7) is 1.53. The van der Waals surface area contributed by atoms with Gasteiger partial charge in [0.2, 0.25) is 5.91 Å². The minimum atomic E-state index is -0.0632. The number of rotatable bonds is 5. The first kappa shape index (κ1) is 20.2. The molecule has 1 saturated heterocycles. The van der Waals surface area contributed by atoms with Crippen molar-refractivity contribution in [2.45, 2.75) is 41.7 Å². The molecule has 4 rings (SSSR count). The molecule has 2 atom stereocenters. The molecule has 1 aromatic carbocycles. The molecular weight excluding hydrogens is 380 g/mol. The van der Waals surface area contributed by atoms with E-state index in [4.69, 9.17) is 0 Å². The number of carbonyl (C=O) groups excluding carboxylic acids is 1. The van der Waals surface area contributed by atoms with Gasteiger partial charge in [0.05, 0.1) is 12.1 Å². The average molecular weight is 407 g/mol. The smallest absolute Gasteiger partial charge is 0.229 e. The van der Waals surface area contributed by atoms with Gasteiger partial charge < -0.3 is 10.6 Å². The molecule has 0 spiro atoms. The first-order valence-corrected chi connectivity index (χ1v) is 10.3. The number of hydrogen-bond acceptors (Lipinski definition) is 4. The Morgan fingerprint density at radius 1 is 1.22 bits per heavy atom. The molecule has 2 N–H and O–H groups in total. The van der Waals surface area contributed by atoms with Crippen molar-refractivity contribution in [2.24, 2.45) is 13.0 Å². The molecule has 5 nitrogen and oxygen atoms in total. The highest BCUT2D eigenvalue weighted by molar-refractivity contribution is 8.00. The number of hydrogen-bond donors (Lipinski definition) is 2. The summed E-state index contributed by atoms with van der Waals surface area (Å²) in [5.74, 6) is 0.202. The molecule has 27 heavy (non-hydrogen) atoms. The maximum Gasteiger partial charge on any atom is 0.229 e. The predicted molar refractivity (Wildman–Crippen MR) is 113 cm³/mol. The number of nitrogens with zero attached hydrogens (tertiary/aromatic N) is 2. The summed E-state index contributed by atoms with van der Waals surface area (Å²) in [7, 11) is 1.91. The van der Waals surface area contributed by atoms with Crippen LogP contribution in [0.25, 0.3) is 0 Å². The Hall–Kier alpha value is -1.50. The standard InChI is InChI=1S/C20H26N4OS.ClH/c1-24-13-14(10-22-24)18-11-21-12-19(18)20(25)23-15-6-8-17(9-7-15)26-16-4-2-3-5-16;/h6-10,13,16,18-19,21H,2-5,11-12H2,1H3,(H,23,25);1H/t18-,19+;/m1./s1. The third-order valence-electron chi connectivity index (χ3n) is 5.43. The lowest BCUT2D eigenvalue weighted by atomic mass is 9.90. The van der Waals surface area contributed by atoms with Crippen LogP contribution in [0.15, 0.2) is 41.6 Å². The fraction of sp³-hybridized carbons (Fsp3) is 0.500. The van der Waals surface area contributed by atoms with E-state index in [0.717, 1.165) is 23.0 Å². The van der Waals surface area contributed by atoms with Crippen LogP contribution in [-0.2, 0) is 11.8 Å². The van der Waals surface area contributed by atoms with Gasteiger partial charge in [-0.1, -0.05) is 12.8 Å². The lowest BCUT2D eigenvalue weighted by Gasteiger charge is -2.17. The maximum absolute atomic E-state index is 12.8. The first-order valence-electron chi connectivity index (χ1n) is 9.46. The Morgan fingerprint density at radius 3 is 2.63 bits per heavy atom. The summed E-state index contributed by atoms with van der Waals surface area (Å²) in [4.78, 5) is 14.1. The normalized spacial score (nSPS) is 22.6. The number of carbonyl (C=O) groups is 1. The molecule has 2 heterocycles. The van der Waals surface area contributed by atoms with Crippen LogP contribution in [0.2, 0.25) is 0 Å². The van der Waals surface area contributed by atoms with Crippen LogP contribution in [0.4, 0.5) is 5.69 Å². The zero-order valence-electron chi connectivity index (χ0n) is 15.6. The van der Waals surface area contributed by atoms with Gasteiger partial charge in [-0.25, -0.2) is 0 Å². The summed E-state index contributed by atoms with van der Waals surface area (Å²) >= 11 is 1.97. The first-order chi connectivity index (χ1) is 12.7. The molecule has 2 fully saturated rings. The second kappa shape index (κ2) is 9.13. The highest BCUT2D eigenvalue weighted by atomic mass is 35.5. The van der Waals surface area contributed by atoms with Crippen molar-refractivity contribution in [3.63, 3.8) is 0 Å². The molecule has 2 aromatic rings. The van der Waals surface area contributed by atoms with Crippen molar-refractivity contribution < 1.29 is 4.79 Å². The number of anilines is 1. The summed E-state index contributed by atoms with van der Waals surface area (Å²) in [6.07, 6.45) is 9.25. The van der Waals surface area contributed by atoms with E-state index in [0.29, 0.717) is 6.54 Å². The van der Waals surface area contributed by atoms with Crippen LogP contribution in [0.1, 0.15) is 37.2 Å². The molecule has 0 bridgehead atoms. The largest absolute Gasteiger partial charge is 0.326 e. The summed E-state index contributed by atoms with van der Waals surface area (Å²) in [5.41, 5.74) is 2.00. The molecular formula is C20H27ClN4OS. The lowest BCUT2D eigenvalue weighted by molar-refractivity contribution is -0.119. The van der Waals surface area contributed by atoms with E-state index < -0.39 is 0 Å². The minimum Gasteiger partial charge on any atom is -0.326 e. The van der Waals surface area contributed by atoms with Crippen LogP contribution in [-0.4, -0.2) is 34.0 Å². The van der Waals surface area contributed by atoms with E-state index in [9.17, 15) is 4.79 Å². The van der Waals surface area contributed by atoms with E-state index >= 15 is 0 Å². The van der Waals surface area contributed by atoms with Crippen molar-refractivity contribution in [3.8, 4) is 0 Å². The molecule has 7 heteroatoms. The van der Waals surface area contributed by atoms with Crippen molar-refractivity contribution >= 4 is 35.8 Å². The van der Waals surface area contributed by atoms with E-state index in [2.05, 4.69) is 27.9 Å². The highest BCUT2D eigenvalue weighted by Crippen LogP contribution is 2.35. The van der Waals surface area contributed by atoms with Gasteiger partial charge in [-0.2, -0.15) is 5.10 Å². The van der Waals surface area contributed by atoms with Crippen LogP contribution >= 0.6 is 24.2 Å². The number of aromatic nitrogens is 2. The van der Waals surface area contributed by atoms with Crippen molar-refractivity contribution in [1.29, 1.82) is 0 Å². The number of thioether (sulfide) groups is 1. The fourth-order valence-corrected chi connectivity index (χ4v) is 5.23. The Labute approximate surface area is 171 Å². The highest BCUT2D eigenvalue weighted by Gasteiger charge is 2.34. The van der Waals surface area contributed by atoms with Gasteiger partial charge in [0, 0.05) is 48.1 Å². The van der Waals surface area contributed by atoms with Gasteiger partial charge in [-0.15, -0.1) is 24.2 Å². The van der Waals surface area contributed by atoms with Crippen LogP contribution < -0.4 is 10.6 Å². The predicted octanol–water partition coefficient (Wildman–Crippen LogP) is 3.82. The molecule has 2 aliphatic rings. The van der Waals surface area contributed by atoms with E-state index in [1.807, 2.05) is 43.3 Å². The Morgan fingerprint density at radius 2 is 1.96 bits per heavy atom.